The maximum atomic E-state index is 10.7. The molecule has 9 heteroatoms. The molecule has 1 aromatic carbocycles. The highest BCUT2D eigenvalue weighted by molar-refractivity contribution is 14.0. The standard InChI is InChI=1S/C23H34N4O4.HI/c1-5-24-22(25-16-23(2,28)21-7-6-12-31-21)26-17-8-10-27(11-9-17)18-13-19(29-3)15-20(14-18)30-4;/h6-7,12-15,17,28H,5,8-11,16H2,1-4H3,(H2,24,25,26);1H. The van der Waals surface area contributed by atoms with Gasteiger partial charge in [0.15, 0.2) is 5.96 Å². The molecular weight excluding hydrogens is 523 g/mol. The second-order valence-corrected chi connectivity index (χ2v) is 7.92. The van der Waals surface area contributed by atoms with Crippen LogP contribution in [0.3, 0.4) is 0 Å². The fourth-order valence-electron chi connectivity index (χ4n) is 3.67. The highest BCUT2D eigenvalue weighted by Crippen LogP contribution is 2.30. The first-order valence-corrected chi connectivity index (χ1v) is 10.7. The van der Waals surface area contributed by atoms with E-state index in [4.69, 9.17) is 13.9 Å². The predicted molar refractivity (Wildman–Crippen MR) is 138 cm³/mol. The van der Waals surface area contributed by atoms with E-state index in [-0.39, 0.29) is 30.5 Å². The summed E-state index contributed by atoms with van der Waals surface area (Å²) in [5.74, 6) is 2.80. The number of piperidine rings is 1. The van der Waals surface area contributed by atoms with Crippen LogP contribution in [0.15, 0.2) is 46.0 Å². The minimum Gasteiger partial charge on any atom is -0.497 e. The Hall–Kier alpha value is -2.14. The molecule has 1 saturated heterocycles. The number of hydrogen-bond donors (Lipinski definition) is 3. The van der Waals surface area contributed by atoms with Crippen molar-refractivity contribution in [3.05, 3.63) is 42.4 Å². The highest BCUT2D eigenvalue weighted by Gasteiger charge is 2.27. The first-order chi connectivity index (χ1) is 14.9. The molecule has 1 unspecified atom stereocenters. The summed E-state index contributed by atoms with van der Waals surface area (Å²) in [6, 6.07) is 9.79. The van der Waals surface area contributed by atoms with Crippen molar-refractivity contribution in [1.82, 2.24) is 10.6 Å². The third kappa shape index (κ3) is 6.93. The van der Waals surface area contributed by atoms with Crippen molar-refractivity contribution in [3.8, 4) is 11.5 Å². The maximum Gasteiger partial charge on any atom is 0.191 e. The number of halogens is 1. The van der Waals surface area contributed by atoms with Crippen molar-refractivity contribution in [1.29, 1.82) is 0 Å². The molecule has 1 fully saturated rings. The van der Waals surface area contributed by atoms with Crippen molar-refractivity contribution in [2.75, 3.05) is 45.3 Å². The SMILES string of the molecule is CCNC(=NCC(C)(O)c1ccco1)NC1CCN(c2cc(OC)cc(OC)c2)CC1.I. The number of ether oxygens (including phenoxy) is 2. The first kappa shape index (κ1) is 26.1. The number of rotatable bonds is 8. The second kappa shape index (κ2) is 12.2. The van der Waals surface area contributed by atoms with E-state index in [1.807, 2.05) is 25.1 Å². The normalized spacial score (nSPS) is 16.7. The number of aliphatic imine (C=N–C) groups is 1. The van der Waals surface area contributed by atoms with Crippen LogP contribution in [0, 0.1) is 0 Å². The Labute approximate surface area is 207 Å². The van der Waals surface area contributed by atoms with Crippen LogP contribution in [0.25, 0.3) is 0 Å². The summed E-state index contributed by atoms with van der Waals surface area (Å²) in [4.78, 5) is 6.94. The monoisotopic (exact) mass is 558 g/mol. The van der Waals surface area contributed by atoms with Crippen LogP contribution >= 0.6 is 24.0 Å². The van der Waals surface area contributed by atoms with Gasteiger partial charge < -0.3 is 34.5 Å². The molecule has 0 aliphatic carbocycles. The summed E-state index contributed by atoms with van der Waals surface area (Å²) in [7, 11) is 3.33. The van der Waals surface area contributed by atoms with Crippen LogP contribution in [-0.2, 0) is 5.60 Å². The Bertz CT molecular complexity index is 827. The van der Waals surface area contributed by atoms with Gasteiger partial charge in [-0.25, -0.2) is 4.99 Å². The average Bonchev–Trinajstić information content (AvgIpc) is 3.34. The van der Waals surface area contributed by atoms with Gasteiger partial charge in [-0.15, -0.1) is 24.0 Å². The third-order valence-corrected chi connectivity index (χ3v) is 5.48. The van der Waals surface area contributed by atoms with Gasteiger partial charge in [-0.3, -0.25) is 0 Å². The lowest BCUT2D eigenvalue weighted by atomic mass is 10.0. The number of nitrogens with zero attached hydrogens (tertiary/aromatic N) is 2. The van der Waals surface area contributed by atoms with E-state index in [0.29, 0.717) is 17.8 Å². The molecule has 32 heavy (non-hydrogen) atoms. The molecule has 3 N–H and O–H groups in total. The van der Waals surface area contributed by atoms with Crippen molar-refractivity contribution >= 4 is 35.6 Å². The number of methoxy groups -OCH3 is 2. The number of aliphatic hydroxyl groups is 1. The maximum absolute atomic E-state index is 10.7. The summed E-state index contributed by atoms with van der Waals surface area (Å²) in [5, 5.41) is 17.4. The van der Waals surface area contributed by atoms with E-state index in [0.717, 1.165) is 49.7 Å². The Morgan fingerprint density at radius 3 is 2.41 bits per heavy atom. The van der Waals surface area contributed by atoms with E-state index >= 15 is 0 Å². The third-order valence-electron chi connectivity index (χ3n) is 5.48. The minimum absolute atomic E-state index is 0. The molecule has 0 bridgehead atoms. The van der Waals surface area contributed by atoms with Crippen molar-refractivity contribution < 1.29 is 19.0 Å². The number of furan rings is 1. The number of anilines is 1. The van der Waals surface area contributed by atoms with Gasteiger partial charge in [0.25, 0.3) is 0 Å². The van der Waals surface area contributed by atoms with Gasteiger partial charge in [0.1, 0.15) is 22.9 Å². The fraction of sp³-hybridized carbons (Fsp3) is 0.522. The molecule has 0 spiro atoms. The molecule has 1 aliphatic rings. The predicted octanol–water partition coefficient (Wildman–Crippen LogP) is 3.35. The van der Waals surface area contributed by atoms with Crippen LogP contribution in [0.2, 0.25) is 0 Å². The van der Waals surface area contributed by atoms with Crippen LogP contribution in [0.4, 0.5) is 5.69 Å². The van der Waals surface area contributed by atoms with Gasteiger partial charge >= 0.3 is 0 Å². The molecule has 1 aliphatic heterocycles. The zero-order valence-electron chi connectivity index (χ0n) is 19.3. The molecule has 1 aromatic heterocycles. The summed E-state index contributed by atoms with van der Waals surface area (Å²) >= 11 is 0. The van der Waals surface area contributed by atoms with Crippen LogP contribution in [0.5, 0.6) is 11.5 Å². The van der Waals surface area contributed by atoms with Crippen LogP contribution < -0.4 is 25.0 Å². The van der Waals surface area contributed by atoms with E-state index in [1.54, 1.807) is 39.5 Å². The number of guanidine groups is 1. The van der Waals surface area contributed by atoms with Crippen LogP contribution in [0.1, 0.15) is 32.4 Å². The lowest BCUT2D eigenvalue weighted by Gasteiger charge is -2.35. The number of nitrogens with one attached hydrogen (secondary N) is 2. The van der Waals surface area contributed by atoms with Gasteiger partial charge in [0.2, 0.25) is 0 Å². The zero-order valence-corrected chi connectivity index (χ0v) is 21.6. The van der Waals surface area contributed by atoms with E-state index in [2.05, 4.69) is 20.5 Å². The Balaban J connectivity index is 0.00000363. The quantitative estimate of drug-likeness (QED) is 0.260. The van der Waals surface area contributed by atoms with E-state index in [1.165, 1.54) is 0 Å². The molecule has 8 nitrogen and oxygen atoms in total. The summed E-state index contributed by atoms with van der Waals surface area (Å²) in [6.07, 6.45) is 3.50. The average molecular weight is 558 g/mol. The first-order valence-electron chi connectivity index (χ1n) is 10.7. The Kier molecular flexibility index (Phi) is 9.95. The van der Waals surface area contributed by atoms with Crippen molar-refractivity contribution in [2.24, 2.45) is 4.99 Å². The molecule has 0 radical (unpaired) electrons. The highest BCUT2D eigenvalue weighted by atomic mass is 127. The van der Waals surface area contributed by atoms with Crippen LogP contribution in [-0.4, -0.2) is 57.5 Å². The molecule has 0 amide bonds. The fourth-order valence-corrected chi connectivity index (χ4v) is 3.67. The summed E-state index contributed by atoms with van der Waals surface area (Å²) < 4.78 is 16.1. The van der Waals surface area contributed by atoms with Crippen molar-refractivity contribution in [2.45, 2.75) is 38.3 Å². The molecule has 0 saturated carbocycles. The van der Waals surface area contributed by atoms with Gasteiger partial charge in [-0.2, -0.15) is 0 Å². The van der Waals surface area contributed by atoms with Crippen molar-refractivity contribution in [3.63, 3.8) is 0 Å². The van der Waals surface area contributed by atoms with Gasteiger partial charge in [0.05, 0.1) is 27.0 Å². The lowest BCUT2D eigenvalue weighted by molar-refractivity contribution is 0.0436. The molecule has 2 aromatic rings. The Morgan fingerprint density at radius 1 is 1.22 bits per heavy atom. The lowest BCUT2D eigenvalue weighted by Crippen LogP contribution is -2.49. The van der Waals surface area contributed by atoms with Gasteiger partial charge in [-0.1, -0.05) is 0 Å². The van der Waals surface area contributed by atoms with Gasteiger partial charge in [-0.05, 0) is 38.8 Å². The second-order valence-electron chi connectivity index (χ2n) is 7.92. The van der Waals surface area contributed by atoms with E-state index in [9.17, 15) is 5.11 Å². The Morgan fingerprint density at radius 2 is 1.88 bits per heavy atom. The molecule has 178 valence electrons. The van der Waals surface area contributed by atoms with Gasteiger partial charge in [0, 0.05) is 49.6 Å². The number of hydrogen-bond acceptors (Lipinski definition) is 6. The summed E-state index contributed by atoms with van der Waals surface area (Å²) in [6.45, 7) is 6.52. The topological polar surface area (TPSA) is 91.5 Å². The molecule has 2 heterocycles. The number of benzene rings is 1. The largest absolute Gasteiger partial charge is 0.497 e. The molecular formula is C23H35IN4O4. The minimum atomic E-state index is -1.15. The molecule has 3 rings (SSSR count). The zero-order chi connectivity index (χ0) is 22.3. The van der Waals surface area contributed by atoms with E-state index < -0.39 is 5.60 Å². The molecule has 1 atom stereocenters. The smallest absolute Gasteiger partial charge is 0.191 e. The summed E-state index contributed by atoms with van der Waals surface area (Å²) in [5.41, 5.74) is -0.0506.